The molecule has 0 aliphatic rings. The Kier molecular flexibility index (Phi) is 7.17. The Balaban J connectivity index is 2.42. The topological polar surface area (TPSA) is 97.5 Å². The summed E-state index contributed by atoms with van der Waals surface area (Å²) in [6.45, 7) is 1.63. The van der Waals surface area contributed by atoms with Crippen molar-refractivity contribution in [1.29, 1.82) is 0 Å². The first kappa shape index (κ1) is 17.1. The van der Waals surface area contributed by atoms with E-state index in [0.717, 1.165) is 12.3 Å². The minimum absolute atomic E-state index is 0.0811. The maximum Gasteiger partial charge on any atom is 0.266 e. The maximum atomic E-state index is 11.9. The van der Waals surface area contributed by atoms with E-state index in [-0.39, 0.29) is 16.5 Å². The first-order valence-corrected chi connectivity index (χ1v) is 7.78. The summed E-state index contributed by atoms with van der Waals surface area (Å²) in [7, 11) is -2.11. The van der Waals surface area contributed by atoms with Gasteiger partial charge >= 0.3 is 0 Å². The van der Waals surface area contributed by atoms with Gasteiger partial charge in [0.15, 0.2) is 0 Å². The summed E-state index contributed by atoms with van der Waals surface area (Å²) in [5.74, 6) is 0. The van der Waals surface area contributed by atoms with Crippen LogP contribution in [0.4, 0.5) is 0 Å². The molecule has 114 valence electrons. The van der Waals surface area contributed by atoms with Crippen molar-refractivity contribution in [1.82, 2.24) is 9.71 Å². The third-order valence-electron chi connectivity index (χ3n) is 2.33. The SMILES string of the molecule is COCCOCCCNS(=O)(=O)c1c[nH]c(=O)c(Cl)c1. The molecule has 2 N–H and O–H groups in total. The highest BCUT2D eigenvalue weighted by molar-refractivity contribution is 7.89. The Labute approximate surface area is 122 Å². The molecule has 20 heavy (non-hydrogen) atoms. The Morgan fingerprint density at radius 2 is 2.10 bits per heavy atom. The average molecular weight is 325 g/mol. The summed E-state index contributed by atoms with van der Waals surface area (Å²) < 4.78 is 36.2. The number of hydrogen-bond acceptors (Lipinski definition) is 5. The Morgan fingerprint density at radius 3 is 2.75 bits per heavy atom. The molecule has 1 aromatic heterocycles. The Morgan fingerprint density at radius 1 is 1.35 bits per heavy atom. The normalized spacial score (nSPS) is 11.7. The van der Waals surface area contributed by atoms with Crippen molar-refractivity contribution in [2.45, 2.75) is 11.3 Å². The number of pyridine rings is 1. The average Bonchev–Trinajstić information content (AvgIpc) is 2.40. The molecule has 9 heteroatoms. The molecule has 0 saturated carbocycles. The van der Waals surface area contributed by atoms with Gasteiger partial charge in [0.05, 0.1) is 18.1 Å². The lowest BCUT2D eigenvalue weighted by atomic mass is 10.5. The molecule has 1 heterocycles. The second-order valence-electron chi connectivity index (χ2n) is 3.87. The van der Waals surface area contributed by atoms with Gasteiger partial charge in [0.1, 0.15) is 5.02 Å². The summed E-state index contributed by atoms with van der Waals surface area (Å²) in [6, 6.07) is 1.11. The summed E-state index contributed by atoms with van der Waals surface area (Å²) in [4.78, 5) is 13.2. The second-order valence-corrected chi connectivity index (χ2v) is 6.04. The molecule has 0 radical (unpaired) electrons. The van der Waals surface area contributed by atoms with E-state index in [1.54, 1.807) is 7.11 Å². The molecule has 0 bridgehead atoms. The molecule has 0 amide bonds. The molecule has 0 fully saturated rings. The summed E-state index contributed by atoms with van der Waals surface area (Å²) in [5, 5.41) is -0.171. The summed E-state index contributed by atoms with van der Waals surface area (Å²) in [5.41, 5.74) is -0.530. The fourth-order valence-electron chi connectivity index (χ4n) is 1.30. The van der Waals surface area contributed by atoms with E-state index in [1.165, 1.54) is 0 Å². The molecule has 0 spiro atoms. The molecule has 0 aromatic carbocycles. The predicted octanol–water partition coefficient (Wildman–Crippen LogP) is 0.360. The third kappa shape index (κ3) is 5.59. The van der Waals surface area contributed by atoms with Gasteiger partial charge < -0.3 is 14.5 Å². The number of sulfonamides is 1. The Hall–Kier alpha value is -0.930. The quantitative estimate of drug-likeness (QED) is 0.639. The Bertz CT molecular complexity index is 572. The van der Waals surface area contributed by atoms with E-state index >= 15 is 0 Å². The van der Waals surface area contributed by atoms with Gasteiger partial charge in [-0.1, -0.05) is 11.6 Å². The molecular formula is C11H17ClN2O5S. The van der Waals surface area contributed by atoms with Crippen LogP contribution < -0.4 is 10.3 Å². The fraction of sp³-hybridized carbons (Fsp3) is 0.545. The monoisotopic (exact) mass is 324 g/mol. The van der Waals surface area contributed by atoms with Crippen LogP contribution in [0.25, 0.3) is 0 Å². The number of ether oxygens (including phenoxy) is 2. The number of aromatic nitrogens is 1. The van der Waals surface area contributed by atoms with Gasteiger partial charge in [-0.25, -0.2) is 13.1 Å². The summed E-state index contributed by atoms with van der Waals surface area (Å²) >= 11 is 5.58. The van der Waals surface area contributed by atoms with Gasteiger partial charge in [-0.2, -0.15) is 0 Å². The number of halogens is 1. The molecule has 7 nitrogen and oxygen atoms in total. The number of nitrogens with one attached hydrogen (secondary N) is 2. The minimum Gasteiger partial charge on any atom is -0.382 e. The van der Waals surface area contributed by atoms with Crippen LogP contribution in [0.3, 0.4) is 0 Å². The standard InChI is InChI=1S/C11H17ClN2O5S/c1-18-5-6-19-4-2-3-14-20(16,17)9-7-10(12)11(15)13-8-9/h7-8,14H,2-6H2,1H3,(H,13,15). The van der Waals surface area contributed by atoms with Gasteiger partial charge in [-0.3, -0.25) is 4.79 Å². The smallest absolute Gasteiger partial charge is 0.266 e. The first-order valence-electron chi connectivity index (χ1n) is 5.92. The molecule has 0 aliphatic heterocycles. The largest absolute Gasteiger partial charge is 0.382 e. The summed E-state index contributed by atoms with van der Waals surface area (Å²) in [6.07, 6.45) is 1.63. The van der Waals surface area contributed by atoms with E-state index in [2.05, 4.69) is 9.71 Å². The molecule has 0 saturated heterocycles. The van der Waals surface area contributed by atoms with Crippen molar-refractivity contribution >= 4 is 21.6 Å². The van der Waals surface area contributed by atoms with Crippen LogP contribution in [0.1, 0.15) is 6.42 Å². The number of H-pyrrole nitrogens is 1. The molecule has 0 aliphatic carbocycles. The van der Waals surface area contributed by atoms with Crippen LogP contribution in [0.15, 0.2) is 22.0 Å². The van der Waals surface area contributed by atoms with Crippen molar-refractivity contribution in [2.24, 2.45) is 0 Å². The molecular weight excluding hydrogens is 308 g/mol. The van der Waals surface area contributed by atoms with E-state index in [9.17, 15) is 13.2 Å². The van der Waals surface area contributed by atoms with Gasteiger partial charge in [0, 0.05) is 26.5 Å². The number of hydrogen-bond donors (Lipinski definition) is 2. The van der Waals surface area contributed by atoms with E-state index in [4.69, 9.17) is 21.1 Å². The van der Waals surface area contributed by atoms with Crippen molar-refractivity contribution < 1.29 is 17.9 Å². The predicted molar refractivity (Wildman–Crippen MR) is 74.6 cm³/mol. The lowest BCUT2D eigenvalue weighted by molar-refractivity contribution is 0.0699. The van der Waals surface area contributed by atoms with E-state index < -0.39 is 15.6 Å². The number of methoxy groups -OCH3 is 1. The molecule has 1 rings (SSSR count). The van der Waals surface area contributed by atoms with Gasteiger partial charge in [-0.05, 0) is 12.5 Å². The first-order chi connectivity index (χ1) is 9.47. The molecule has 0 unspecified atom stereocenters. The van der Waals surface area contributed by atoms with Crippen molar-refractivity contribution in [2.75, 3.05) is 33.5 Å². The van der Waals surface area contributed by atoms with E-state index in [0.29, 0.717) is 26.2 Å². The highest BCUT2D eigenvalue weighted by atomic mass is 35.5. The third-order valence-corrected chi connectivity index (χ3v) is 4.05. The zero-order valence-corrected chi connectivity index (χ0v) is 12.6. The van der Waals surface area contributed by atoms with E-state index in [1.807, 2.05) is 0 Å². The van der Waals surface area contributed by atoms with Gasteiger partial charge in [0.25, 0.3) is 5.56 Å². The van der Waals surface area contributed by atoms with Crippen LogP contribution >= 0.6 is 11.6 Å². The number of rotatable bonds is 9. The van der Waals surface area contributed by atoms with Crippen molar-refractivity contribution in [3.05, 3.63) is 27.6 Å². The minimum atomic E-state index is -3.68. The van der Waals surface area contributed by atoms with Crippen LogP contribution in [-0.4, -0.2) is 46.9 Å². The van der Waals surface area contributed by atoms with Crippen LogP contribution in [0, 0.1) is 0 Å². The zero-order chi connectivity index (χ0) is 15.0. The molecule has 0 atom stereocenters. The molecule has 1 aromatic rings. The van der Waals surface area contributed by atoms with Crippen LogP contribution in [-0.2, 0) is 19.5 Å². The lowest BCUT2D eigenvalue weighted by Crippen LogP contribution is -2.26. The van der Waals surface area contributed by atoms with Crippen LogP contribution in [0.2, 0.25) is 5.02 Å². The van der Waals surface area contributed by atoms with Crippen LogP contribution in [0.5, 0.6) is 0 Å². The van der Waals surface area contributed by atoms with Gasteiger partial charge in [-0.15, -0.1) is 0 Å². The van der Waals surface area contributed by atoms with Gasteiger partial charge in [0.2, 0.25) is 10.0 Å². The van der Waals surface area contributed by atoms with Crippen molar-refractivity contribution in [3.63, 3.8) is 0 Å². The zero-order valence-electron chi connectivity index (χ0n) is 11.0. The highest BCUT2D eigenvalue weighted by Crippen LogP contribution is 2.10. The number of aromatic amines is 1. The lowest BCUT2D eigenvalue weighted by Gasteiger charge is -2.07. The van der Waals surface area contributed by atoms with Crippen molar-refractivity contribution in [3.8, 4) is 0 Å². The second kappa shape index (κ2) is 8.38. The highest BCUT2D eigenvalue weighted by Gasteiger charge is 2.14. The maximum absolute atomic E-state index is 11.9. The fourth-order valence-corrected chi connectivity index (χ4v) is 2.60.